The molecule has 0 heterocycles. The highest BCUT2D eigenvalue weighted by Gasteiger charge is 2.48. The Kier molecular flexibility index (Phi) is 7.71. The van der Waals surface area contributed by atoms with Crippen LogP contribution in [0.15, 0.2) is 17.0 Å². The second-order valence-corrected chi connectivity index (χ2v) is 8.90. The van der Waals surface area contributed by atoms with Crippen LogP contribution in [0.5, 0.6) is 0 Å². The molecule has 6 nitrogen and oxygen atoms in total. The van der Waals surface area contributed by atoms with Crippen molar-refractivity contribution in [3.63, 3.8) is 0 Å². The topological polar surface area (TPSA) is 99.4 Å². The van der Waals surface area contributed by atoms with Crippen LogP contribution in [-0.2, 0) is 9.63 Å². The number of fused-ring (bicyclic) bond motifs is 1. The maximum atomic E-state index is 10.7. The number of rotatable bonds is 10. The lowest BCUT2D eigenvalue weighted by molar-refractivity contribution is -0.138. The Morgan fingerprint density at radius 1 is 1.33 bits per heavy atom. The molecular weight excluding hydrogens is 346 g/mol. The zero-order valence-corrected chi connectivity index (χ0v) is 16.9. The van der Waals surface area contributed by atoms with E-state index in [1.807, 2.05) is 6.08 Å². The van der Waals surface area contributed by atoms with Crippen LogP contribution in [-0.4, -0.2) is 39.7 Å². The molecule has 0 spiro atoms. The minimum Gasteiger partial charge on any atom is -0.512 e. The average Bonchev–Trinajstić information content (AvgIpc) is 3.10. The molecule has 0 saturated heterocycles. The second-order valence-electron chi connectivity index (χ2n) is 8.90. The molecule has 2 fully saturated rings. The van der Waals surface area contributed by atoms with Gasteiger partial charge in [-0.15, -0.1) is 0 Å². The van der Waals surface area contributed by atoms with Crippen molar-refractivity contribution in [3.05, 3.63) is 11.8 Å². The summed E-state index contributed by atoms with van der Waals surface area (Å²) < 4.78 is 0. The fourth-order valence-electron chi connectivity index (χ4n) is 4.43. The van der Waals surface area contributed by atoms with Gasteiger partial charge in [-0.1, -0.05) is 38.8 Å². The Morgan fingerprint density at radius 3 is 2.74 bits per heavy atom. The Morgan fingerprint density at radius 2 is 2.07 bits per heavy atom. The minimum atomic E-state index is -0.904. The van der Waals surface area contributed by atoms with Crippen LogP contribution < -0.4 is 0 Å². The van der Waals surface area contributed by atoms with Gasteiger partial charge < -0.3 is 20.2 Å². The molecule has 0 unspecified atom stereocenters. The average molecular weight is 382 g/mol. The molecule has 6 heteroatoms. The summed E-state index contributed by atoms with van der Waals surface area (Å²) in [4.78, 5) is 15.6. The molecule has 2 aliphatic carbocycles. The van der Waals surface area contributed by atoms with Gasteiger partial charge in [0.1, 0.15) is 6.61 Å². The molecule has 0 aromatic carbocycles. The molecule has 0 bridgehead atoms. The molecule has 0 amide bonds. The van der Waals surface area contributed by atoms with E-state index in [1.54, 1.807) is 0 Å². The van der Waals surface area contributed by atoms with E-state index >= 15 is 0 Å². The van der Waals surface area contributed by atoms with Gasteiger partial charge in [-0.25, -0.2) is 0 Å². The van der Waals surface area contributed by atoms with Crippen LogP contribution in [0.25, 0.3) is 0 Å². The van der Waals surface area contributed by atoms with E-state index in [9.17, 15) is 15.0 Å². The van der Waals surface area contributed by atoms with Crippen molar-refractivity contribution in [3.8, 4) is 0 Å². The van der Waals surface area contributed by atoms with Gasteiger partial charge in [-0.3, -0.25) is 4.79 Å². The van der Waals surface area contributed by atoms with E-state index in [2.05, 4.69) is 25.9 Å². The molecule has 2 saturated carbocycles. The summed E-state index contributed by atoms with van der Waals surface area (Å²) in [6, 6.07) is 0. The largest absolute Gasteiger partial charge is 0.512 e. The summed E-state index contributed by atoms with van der Waals surface area (Å²) in [6.45, 7) is 6.69. The van der Waals surface area contributed by atoms with Crippen molar-refractivity contribution in [1.29, 1.82) is 0 Å². The monoisotopic (exact) mass is 381 g/mol. The number of carboxylic acids is 1. The lowest BCUT2D eigenvalue weighted by atomic mass is 9.82. The van der Waals surface area contributed by atoms with Crippen LogP contribution in [0, 0.1) is 23.2 Å². The maximum absolute atomic E-state index is 10.7. The first-order valence-electron chi connectivity index (χ1n) is 10.2. The molecular formula is C21H35NO5. The number of aliphatic hydroxyl groups excluding tert-OH is 2. The smallest absolute Gasteiger partial charge is 0.306 e. The first kappa shape index (κ1) is 21.7. The quantitative estimate of drug-likeness (QED) is 0.298. The van der Waals surface area contributed by atoms with Gasteiger partial charge in [-0.2, -0.15) is 0 Å². The third kappa shape index (κ3) is 6.23. The lowest BCUT2D eigenvalue weighted by Gasteiger charge is -2.25. The molecule has 154 valence electrons. The van der Waals surface area contributed by atoms with Crippen LogP contribution in [0.1, 0.15) is 72.1 Å². The number of unbranched alkanes of at least 4 members (excludes halogenated alkanes) is 1. The zero-order chi connectivity index (χ0) is 20.0. The third-order valence-electron chi connectivity index (χ3n) is 6.01. The van der Waals surface area contributed by atoms with Crippen molar-refractivity contribution in [2.75, 3.05) is 6.61 Å². The van der Waals surface area contributed by atoms with E-state index in [-0.39, 0.29) is 30.3 Å². The van der Waals surface area contributed by atoms with E-state index in [0.717, 1.165) is 25.0 Å². The SMILES string of the molecule is CCCCC(C)(C)C/C=C(/O)[C@H]1[C@@H]2C/C(=N/OCCC(=O)O)C[C@@H]2C[C@@H]1O. The van der Waals surface area contributed by atoms with E-state index in [1.165, 1.54) is 12.8 Å². The predicted molar refractivity (Wildman–Crippen MR) is 105 cm³/mol. The molecule has 4 atom stereocenters. The third-order valence-corrected chi connectivity index (χ3v) is 6.01. The highest BCUT2D eigenvalue weighted by Crippen LogP contribution is 2.49. The van der Waals surface area contributed by atoms with Crippen molar-refractivity contribution in [2.45, 2.75) is 78.2 Å². The number of oxime groups is 1. The zero-order valence-electron chi connectivity index (χ0n) is 16.9. The maximum Gasteiger partial charge on any atom is 0.306 e. The Balaban J connectivity index is 1.94. The van der Waals surface area contributed by atoms with E-state index < -0.39 is 12.1 Å². The normalized spacial score (nSPS) is 29.9. The number of allylic oxidation sites excluding steroid dienone is 1. The van der Waals surface area contributed by atoms with E-state index in [0.29, 0.717) is 24.5 Å². The summed E-state index contributed by atoms with van der Waals surface area (Å²) in [7, 11) is 0. The number of aliphatic carboxylic acids is 1. The van der Waals surface area contributed by atoms with E-state index in [4.69, 9.17) is 9.94 Å². The highest BCUT2D eigenvalue weighted by molar-refractivity contribution is 5.86. The molecule has 0 aromatic heterocycles. The van der Waals surface area contributed by atoms with Crippen molar-refractivity contribution in [1.82, 2.24) is 0 Å². The van der Waals surface area contributed by atoms with Gasteiger partial charge in [0, 0.05) is 5.92 Å². The summed E-state index contributed by atoms with van der Waals surface area (Å²) in [5.41, 5.74) is 1.05. The van der Waals surface area contributed by atoms with Gasteiger partial charge in [0.2, 0.25) is 0 Å². The van der Waals surface area contributed by atoms with Gasteiger partial charge in [-0.05, 0) is 55.4 Å². The number of hydrogen-bond acceptors (Lipinski definition) is 5. The van der Waals surface area contributed by atoms with Gasteiger partial charge in [0.15, 0.2) is 0 Å². The number of carboxylic acid groups (broad SMARTS) is 1. The second kappa shape index (κ2) is 9.58. The Bertz CT molecular complexity index is 569. The Labute approximate surface area is 162 Å². The van der Waals surface area contributed by atoms with Crippen molar-refractivity contribution >= 4 is 11.7 Å². The minimum absolute atomic E-state index is 0.0671. The van der Waals surface area contributed by atoms with Gasteiger partial charge in [0.05, 0.1) is 24.0 Å². The molecule has 0 aromatic rings. The fraction of sp³-hybridized carbons (Fsp3) is 0.810. The van der Waals surface area contributed by atoms with Gasteiger partial charge in [0.25, 0.3) is 0 Å². The first-order valence-corrected chi connectivity index (χ1v) is 10.2. The number of aliphatic hydroxyl groups is 2. The van der Waals surface area contributed by atoms with Crippen LogP contribution in [0.3, 0.4) is 0 Å². The summed E-state index contributed by atoms with van der Waals surface area (Å²) in [5.74, 6) is -0.345. The standard InChI is InChI=1S/C21H35NO5/c1-4-5-8-21(2,3)9-6-17(23)20-16-13-15(11-14(16)12-18(20)24)22-27-10-7-19(25)26/h6,14,16,18,20,23-24H,4-5,7-13H2,1-3H3,(H,25,26)/b17-6+,22-15+/t14-,16-,18+,20-/m1/s1. The highest BCUT2D eigenvalue weighted by atomic mass is 16.6. The molecule has 27 heavy (non-hydrogen) atoms. The first-order chi connectivity index (χ1) is 12.7. The molecule has 0 aliphatic heterocycles. The lowest BCUT2D eigenvalue weighted by Crippen LogP contribution is -2.22. The predicted octanol–water partition coefficient (Wildman–Crippen LogP) is 4.29. The number of nitrogens with zero attached hydrogens (tertiary/aromatic N) is 1. The summed E-state index contributed by atoms with van der Waals surface area (Å²) in [5, 5.41) is 33.9. The van der Waals surface area contributed by atoms with Crippen LogP contribution in [0.4, 0.5) is 0 Å². The Hall–Kier alpha value is -1.56. The molecule has 3 N–H and O–H groups in total. The number of carbonyl (C=O) groups is 1. The van der Waals surface area contributed by atoms with Crippen molar-refractivity contribution < 1.29 is 25.0 Å². The van der Waals surface area contributed by atoms with Gasteiger partial charge >= 0.3 is 5.97 Å². The van der Waals surface area contributed by atoms with Crippen LogP contribution in [0.2, 0.25) is 0 Å². The summed E-state index contributed by atoms with van der Waals surface area (Å²) in [6.07, 6.45) is 7.71. The molecule has 2 aliphatic rings. The fourth-order valence-corrected chi connectivity index (χ4v) is 4.43. The van der Waals surface area contributed by atoms with Crippen LogP contribution >= 0.6 is 0 Å². The number of hydrogen-bond donors (Lipinski definition) is 3. The summed E-state index contributed by atoms with van der Waals surface area (Å²) >= 11 is 0. The van der Waals surface area contributed by atoms with Crippen molar-refractivity contribution in [2.24, 2.45) is 28.3 Å². The molecule has 0 radical (unpaired) electrons. The molecule has 2 rings (SSSR count).